The molecule has 0 aliphatic heterocycles. The van der Waals surface area contributed by atoms with Crippen molar-refractivity contribution in [3.63, 3.8) is 0 Å². The zero-order valence-corrected chi connectivity index (χ0v) is 7.48. The van der Waals surface area contributed by atoms with Crippen LogP contribution in [0.4, 0.5) is 8.78 Å². The number of aliphatic hydroxyl groups is 1. The number of esters is 1. The third-order valence-electron chi connectivity index (χ3n) is 1.99. The van der Waals surface area contributed by atoms with Crippen molar-refractivity contribution in [2.45, 2.75) is 12.3 Å². The Morgan fingerprint density at radius 2 is 2.36 bits per heavy atom. The Balaban J connectivity index is 2.81. The lowest BCUT2D eigenvalue weighted by atomic mass is 9.92. The molecule has 0 aromatic heterocycles. The largest absolute Gasteiger partial charge is 0.467 e. The van der Waals surface area contributed by atoms with Gasteiger partial charge in [0.2, 0.25) is 0 Å². The number of carbonyl (C=O) groups excluding carboxylic acids is 1. The van der Waals surface area contributed by atoms with Gasteiger partial charge in [0, 0.05) is 0 Å². The van der Waals surface area contributed by atoms with Crippen LogP contribution < -0.4 is 0 Å². The van der Waals surface area contributed by atoms with E-state index in [9.17, 15) is 18.7 Å². The van der Waals surface area contributed by atoms with Gasteiger partial charge in [-0.15, -0.1) is 0 Å². The second kappa shape index (κ2) is 4.32. The maximum absolute atomic E-state index is 13.1. The van der Waals surface area contributed by atoms with Crippen LogP contribution in [0.25, 0.3) is 0 Å². The summed E-state index contributed by atoms with van der Waals surface area (Å²) in [6, 6.07) is 0. The fourth-order valence-corrected chi connectivity index (χ4v) is 1.23. The van der Waals surface area contributed by atoms with Crippen LogP contribution in [0.15, 0.2) is 24.1 Å². The fraction of sp³-hybridized carbons (Fsp3) is 0.444. The number of allylic oxidation sites excluding steroid dienone is 3. The first-order valence-electron chi connectivity index (χ1n) is 4.01. The van der Waals surface area contributed by atoms with Gasteiger partial charge >= 0.3 is 5.97 Å². The smallest absolute Gasteiger partial charge is 0.335 e. The lowest BCUT2D eigenvalue weighted by molar-refractivity contribution is -0.154. The van der Waals surface area contributed by atoms with Crippen LogP contribution in [-0.4, -0.2) is 30.5 Å². The first-order chi connectivity index (χ1) is 6.57. The molecule has 3 atom stereocenters. The monoisotopic (exact) mass is 204 g/mol. The van der Waals surface area contributed by atoms with Crippen LogP contribution >= 0.6 is 0 Å². The predicted molar refractivity (Wildman–Crippen MR) is 44.7 cm³/mol. The third-order valence-corrected chi connectivity index (χ3v) is 1.99. The van der Waals surface area contributed by atoms with Gasteiger partial charge in [0.15, 0.2) is 6.10 Å². The Hall–Kier alpha value is -1.23. The quantitative estimate of drug-likeness (QED) is 0.680. The third kappa shape index (κ3) is 1.98. The Labute approximate surface area is 79.7 Å². The average Bonchev–Trinajstić information content (AvgIpc) is 2.16. The summed E-state index contributed by atoms with van der Waals surface area (Å²) in [7, 11) is 1.04. The molecule has 0 amide bonds. The topological polar surface area (TPSA) is 46.5 Å². The van der Waals surface area contributed by atoms with Gasteiger partial charge in [-0.3, -0.25) is 0 Å². The molecule has 0 spiro atoms. The van der Waals surface area contributed by atoms with Gasteiger partial charge in [0.05, 0.1) is 13.0 Å². The van der Waals surface area contributed by atoms with Gasteiger partial charge in [-0.1, -0.05) is 6.08 Å². The van der Waals surface area contributed by atoms with E-state index in [-0.39, 0.29) is 0 Å². The van der Waals surface area contributed by atoms with E-state index in [0.29, 0.717) is 0 Å². The minimum Gasteiger partial charge on any atom is -0.467 e. The summed E-state index contributed by atoms with van der Waals surface area (Å²) < 4.78 is 30.3. The van der Waals surface area contributed by atoms with Gasteiger partial charge in [-0.05, 0) is 12.2 Å². The maximum Gasteiger partial charge on any atom is 0.335 e. The molecule has 0 saturated carbocycles. The highest BCUT2D eigenvalue weighted by Crippen LogP contribution is 2.28. The SMILES string of the molecule is COC(=O)C(O)C1C(F)=CC=CC1F. The summed E-state index contributed by atoms with van der Waals surface area (Å²) >= 11 is 0. The van der Waals surface area contributed by atoms with Gasteiger partial charge < -0.3 is 9.84 Å². The molecule has 5 heteroatoms. The Morgan fingerprint density at radius 1 is 1.71 bits per heavy atom. The summed E-state index contributed by atoms with van der Waals surface area (Å²) in [5.74, 6) is -3.40. The minimum absolute atomic E-state index is 0.863. The van der Waals surface area contributed by atoms with Crippen LogP contribution in [0, 0.1) is 5.92 Å². The van der Waals surface area contributed by atoms with Crippen molar-refractivity contribution in [1.82, 2.24) is 0 Å². The molecule has 0 bridgehead atoms. The van der Waals surface area contributed by atoms with Crippen molar-refractivity contribution in [2.24, 2.45) is 5.92 Å². The summed E-state index contributed by atoms with van der Waals surface area (Å²) in [6.07, 6.45) is -0.252. The van der Waals surface area contributed by atoms with Crippen molar-refractivity contribution >= 4 is 5.97 Å². The molecular formula is C9H10F2O3. The molecule has 0 aromatic carbocycles. The van der Waals surface area contributed by atoms with Crippen LogP contribution in [0.1, 0.15) is 0 Å². The van der Waals surface area contributed by atoms with Gasteiger partial charge in [0.1, 0.15) is 12.0 Å². The molecule has 1 rings (SSSR count). The number of methoxy groups -OCH3 is 1. The van der Waals surface area contributed by atoms with E-state index in [1.54, 1.807) is 0 Å². The van der Waals surface area contributed by atoms with Crippen molar-refractivity contribution < 1.29 is 23.4 Å². The molecule has 0 heterocycles. The number of aliphatic hydroxyl groups excluding tert-OH is 1. The van der Waals surface area contributed by atoms with Gasteiger partial charge in [0.25, 0.3) is 0 Å². The lowest BCUT2D eigenvalue weighted by Crippen LogP contribution is -2.37. The molecule has 1 aliphatic rings. The number of ether oxygens (including phenoxy) is 1. The van der Waals surface area contributed by atoms with E-state index < -0.39 is 30.0 Å². The number of alkyl halides is 1. The zero-order valence-electron chi connectivity index (χ0n) is 7.48. The first-order valence-corrected chi connectivity index (χ1v) is 4.01. The van der Waals surface area contributed by atoms with Crippen LogP contribution in [-0.2, 0) is 9.53 Å². The molecule has 3 nitrogen and oxygen atoms in total. The number of hydrogen-bond donors (Lipinski definition) is 1. The molecule has 14 heavy (non-hydrogen) atoms. The summed E-state index contributed by atoms with van der Waals surface area (Å²) in [6.45, 7) is 0. The summed E-state index contributed by atoms with van der Waals surface area (Å²) in [5.41, 5.74) is 0. The highest BCUT2D eigenvalue weighted by Gasteiger charge is 2.37. The maximum atomic E-state index is 13.1. The normalized spacial score (nSPS) is 28.1. The van der Waals surface area contributed by atoms with Crippen molar-refractivity contribution in [1.29, 1.82) is 0 Å². The van der Waals surface area contributed by atoms with E-state index in [0.717, 1.165) is 19.3 Å². The second-order valence-electron chi connectivity index (χ2n) is 2.87. The Bertz CT molecular complexity index is 286. The molecule has 3 unspecified atom stereocenters. The van der Waals surface area contributed by atoms with Gasteiger partial charge in [-0.2, -0.15) is 0 Å². The number of halogens is 2. The summed E-state index contributed by atoms with van der Waals surface area (Å²) in [5, 5.41) is 9.25. The second-order valence-corrected chi connectivity index (χ2v) is 2.87. The highest BCUT2D eigenvalue weighted by atomic mass is 19.1. The first kappa shape index (κ1) is 10.8. The fourth-order valence-electron chi connectivity index (χ4n) is 1.23. The number of carbonyl (C=O) groups is 1. The standard InChI is InChI=1S/C9H10F2O3/c1-14-9(13)8(12)7-5(10)3-2-4-6(7)11/h2-5,7-8,12H,1H3. The predicted octanol–water partition coefficient (Wildman–Crippen LogP) is 0.898. The van der Waals surface area contributed by atoms with Crippen LogP contribution in [0.3, 0.4) is 0 Å². The number of hydrogen-bond acceptors (Lipinski definition) is 3. The molecule has 0 fully saturated rings. The van der Waals surface area contributed by atoms with Crippen molar-refractivity contribution in [3.8, 4) is 0 Å². The molecule has 0 aromatic rings. The molecule has 1 aliphatic carbocycles. The van der Waals surface area contributed by atoms with Crippen LogP contribution in [0.5, 0.6) is 0 Å². The van der Waals surface area contributed by atoms with E-state index in [4.69, 9.17) is 0 Å². The average molecular weight is 204 g/mol. The van der Waals surface area contributed by atoms with E-state index in [1.165, 1.54) is 6.08 Å². The molecule has 1 N–H and O–H groups in total. The molecule has 0 radical (unpaired) electrons. The molecular weight excluding hydrogens is 194 g/mol. The van der Waals surface area contributed by atoms with Crippen molar-refractivity contribution in [2.75, 3.05) is 7.11 Å². The van der Waals surface area contributed by atoms with E-state index >= 15 is 0 Å². The lowest BCUT2D eigenvalue weighted by Gasteiger charge is -2.22. The Kier molecular flexibility index (Phi) is 3.35. The summed E-state index contributed by atoms with van der Waals surface area (Å²) in [4.78, 5) is 10.8. The minimum atomic E-state index is -1.81. The van der Waals surface area contributed by atoms with E-state index in [2.05, 4.69) is 4.74 Å². The number of rotatable bonds is 2. The Morgan fingerprint density at radius 3 is 2.86 bits per heavy atom. The zero-order chi connectivity index (χ0) is 10.7. The van der Waals surface area contributed by atoms with E-state index in [1.807, 2.05) is 0 Å². The van der Waals surface area contributed by atoms with Crippen molar-refractivity contribution in [3.05, 3.63) is 24.1 Å². The van der Waals surface area contributed by atoms with Crippen LogP contribution in [0.2, 0.25) is 0 Å². The molecule has 0 saturated heterocycles. The highest BCUT2D eigenvalue weighted by molar-refractivity contribution is 5.75. The van der Waals surface area contributed by atoms with Gasteiger partial charge in [-0.25, -0.2) is 13.6 Å². The molecule has 78 valence electrons.